The molecular formula is C9H9FN4O4S2. The van der Waals surface area contributed by atoms with Gasteiger partial charge in [0.15, 0.2) is 5.03 Å². The number of hydrogen-bond acceptors (Lipinski definition) is 5. The molecule has 0 atom stereocenters. The third-order valence-corrected chi connectivity index (χ3v) is 4.52. The van der Waals surface area contributed by atoms with Gasteiger partial charge >= 0.3 is 0 Å². The third kappa shape index (κ3) is 2.95. The van der Waals surface area contributed by atoms with Gasteiger partial charge < -0.3 is 4.98 Å². The van der Waals surface area contributed by atoms with E-state index in [9.17, 15) is 21.2 Å². The van der Waals surface area contributed by atoms with Crippen molar-refractivity contribution in [2.45, 2.75) is 9.92 Å². The van der Waals surface area contributed by atoms with Gasteiger partial charge in [-0.3, -0.25) is 4.72 Å². The second-order valence-electron chi connectivity index (χ2n) is 3.71. The first-order chi connectivity index (χ1) is 9.20. The second kappa shape index (κ2) is 4.85. The fourth-order valence-corrected chi connectivity index (χ4v) is 3.13. The number of rotatable bonds is 4. The highest BCUT2D eigenvalue weighted by Crippen LogP contribution is 2.23. The van der Waals surface area contributed by atoms with Crippen LogP contribution in [-0.2, 0) is 20.0 Å². The van der Waals surface area contributed by atoms with Gasteiger partial charge in [-0.1, -0.05) is 0 Å². The van der Waals surface area contributed by atoms with Crippen molar-refractivity contribution in [1.82, 2.24) is 9.97 Å². The molecule has 0 aliphatic carbocycles. The highest BCUT2D eigenvalue weighted by molar-refractivity contribution is 7.93. The molecule has 0 aliphatic heterocycles. The Morgan fingerprint density at radius 2 is 1.95 bits per heavy atom. The highest BCUT2D eigenvalue weighted by atomic mass is 32.2. The van der Waals surface area contributed by atoms with E-state index in [1.54, 1.807) is 0 Å². The SMILES string of the molecule is NS(=O)(=O)c1ccc(F)cc1NS(=O)(=O)c1cnc[nH]1. The molecule has 0 fully saturated rings. The molecule has 2 aromatic rings. The zero-order chi connectivity index (χ0) is 15.0. The molecule has 1 aromatic carbocycles. The minimum absolute atomic E-state index is 0.304. The number of anilines is 1. The maximum atomic E-state index is 13.2. The van der Waals surface area contributed by atoms with Crippen molar-refractivity contribution in [3.63, 3.8) is 0 Å². The molecule has 0 amide bonds. The number of aromatic nitrogens is 2. The standard InChI is InChI=1S/C9H9FN4O4S2/c10-6-1-2-8(19(11,15)16)7(3-6)14-20(17,18)9-4-12-5-13-9/h1-5,14H,(H,12,13)(H2,11,15,16). The van der Waals surface area contributed by atoms with Crippen molar-refractivity contribution in [3.05, 3.63) is 36.5 Å². The molecule has 1 aromatic heterocycles. The molecule has 0 radical (unpaired) electrons. The van der Waals surface area contributed by atoms with Gasteiger partial charge in [-0.25, -0.2) is 22.9 Å². The molecule has 0 aliphatic rings. The number of imidazole rings is 1. The molecule has 0 saturated heterocycles. The molecule has 0 saturated carbocycles. The van der Waals surface area contributed by atoms with Crippen molar-refractivity contribution in [2.75, 3.05) is 4.72 Å². The van der Waals surface area contributed by atoms with Crippen LogP contribution in [0.2, 0.25) is 0 Å². The molecule has 11 heteroatoms. The van der Waals surface area contributed by atoms with E-state index in [0.29, 0.717) is 6.07 Å². The maximum Gasteiger partial charge on any atom is 0.279 e. The van der Waals surface area contributed by atoms with Crippen LogP contribution in [0.15, 0.2) is 40.6 Å². The average molecular weight is 320 g/mol. The minimum Gasteiger partial charge on any atom is -0.334 e. The van der Waals surface area contributed by atoms with Crippen LogP contribution in [0.1, 0.15) is 0 Å². The van der Waals surface area contributed by atoms with E-state index in [2.05, 4.69) is 9.97 Å². The van der Waals surface area contributed by atoms with Crippen LogP contribution in [0, 0.1) is 5.82 Å². The quantitative estimate of drug-likeness (QED) is 0.728. The lowest BCUT2D eigenvalue weighted by atomic mass is 10.3. The number of benzene rings is 1. The predicted molar refractivity (Wildman–Crippen MR) is 67.2 cm³/mol. The number of hydrogen-bond donors (Lipinski definition) is 3. The normalized spacial score (nSPS) is 12.3. The summed E-state index contributed by atoms with van der Waals surface area (Å²) in [4.78, 5) is 5.32. The molecule has 0 unspecified atom stereocenters. The van der Waals surface area contributed by atoms with E-state index < -0.39 is 36.4 Å². The number of halogens is 1. The lowest BCUT2D eigenvalue weighted by molar-refractivity contribution is 0.596. The van der Waals surface area contributed by atoms with Crippen molar-refractivity contribution in [1.29, 1.82) is 0 Å². The van der Waals surface area contributed by atoms with Gasteiger partial charge in [0, 0.05) is 0 Å². The average Bonchev–Trinajstić information content (AvgIpc) is 2.80. The van der Waals surface area contributed by atoms with Gasteiger partial charge in [0.2, 0.25) is 10.0 Å². The summed E-state index contributed by atoms with van der Waals surface area (Å²) in [5, 5.41) is 4.64. The number of aromatic amines is 1. The summed E-state index contributed by atoms with van der Waals surface area (Å²) in [6.45, 7) is 0. The number of nitrogens with two attached hydrogens (primary N) is 1. The smallest absolute Gasteiger partial charge is 0.279 e. The zero-order valence-corrected chi connectivity index (χ0v) is 11.4. The summed E-state index contributed by atoms with van der Waals surface area (Å²) in [6, 6.07) is 2.44. The van der Waals surface area contributed by atoms with E-state index in [4.69, 9.17) is 5.14 Å². The first kappa shape index (κ1) is 14.4. The zero-order valence-electron chi connectivity index (χ0n) is 9.74. The molecule has 108 valence electrons. The summed E-state index contributed by atoms with van der Waals surface area (Å²) < 4.78 is 61.6. The van der Waals surface area contributed by atoms with E-state index in [-0.39, 0.29) is 5.03 Å². The summed E-state index contributed by atoms with van der Waals surface area (Å²) in [5.41, 5.74) is -0.484. The van der Waals surface area contributed by atoms with E-state index in [1.165, 1.54) is 0 Å². The van der Waals surface area contributed by atoms with Gasteiger partial charge in [-0.15, -0.1) is 0 Å². The van der Waals surface area contributed by atoms with E-state index in [1.807, 2.05) is 4.72 Å². The van der Waals surface area contributed by atoms with Crippen LogP contribution < -0.4 is 9.86 Å². The number of H-pyrrole nitrogens is 1. The number of primary sulfonamides is 1. The van der Waals surface area contributed by atoms with Crippen LogP contribution >= 0.6 is 0 Å². The van der Waals surface area contributed by atoms with Crippen LogP contribution in [-0.4, -0.2) is 26.8 Å². The highest BCUT2D eigenvalue weighted by Gasteiger charge is 2.21. The van der Waals surface area contributed by atoms with Crippen LogP contribution in [0.25, 0.3) is 0 Å². The Bertz CT molecular complexity index is 831. The van der Waals surface area contributed by atoms with Crippen molar-refractivity contribution in [3.8, 4) is 0 Å². The Hall–Kier alpha value is -1.98. The van der Waals surface area contributed by atoms with Crippen molar-refractivity contribution >= 4 is 25.7 Å². The van der Waals surface area contributed by atoms with Gasteiger partial charge in [0.05, 0.1) is 18.2 Å². The van der Waals surface area contributed by atoms with Gasteiger partial charge in [-0.05, 0) is 18.2 Å². The Morgan fingerprint density at radius 3 is 2.50 bits per heavy atom. The van der Waals surface area contributed by atoms with Crippen LogP contribution in [0.4, 0.5) is 10.1 Å². The minimum atomic E-state index is -4.21. The fourth-order valence-electron chi connectivity index (χ4n) is 1.42. The van der Waals surface area contributed by atoms with E-state index >= 15 is 0 Å². The molecule has 2 rings (SSSR count). The fraction of sp³-hybridized carbons (Fsp3) is 0. The van der Waals surface area contributed by atoms with Gasteiger partial charge in [0.25, 0.3) is 10.0 Å². The van der Waals surface area contributed by atoms with Crippen molar-refractivity contribution < 1.29 is 21.2 Å². The summed E-state index contributed by atoms with van der Waals surface area (Å²) in [5.74, 6) is -0.820. The van der Waals surface area contributed by atoms with Crippen LogP contribution in [0.3, 0.4) is 0 Å². The molecular weight excluding hydrogens is 311 g/mol. The van der Waals surface area contributed by atoms with Crippen LogP contribution in [0.5, 0.6) is 0 Å². The Morgan fingerprint density at radius 1 is 1.25 bits per heavy atom. The largest absolute Gasteiger partial charge is 0.334 e. The first-order valence-electron chi connectivity index (χ1n) is 5.04. The summed E-state index contributed by atoms with van der Waals surface area (Å²) in [7, 11) is -8.34. The summed E-state index contributed by atoms with van der Waals surface area (Å²) in [6.07, 6.45) is 2.14. The number of nitrogens with one attached hydrogen (secondary N) is 2. The van der Waals surface area contributed by atoms with Crippen molar-refractivity contribution in [2.24, 2.45) is 5.14 Å². The number of nitrogens with zero attached hydrogens (tertiary/aromatic N) is 1. The Balaban J connectivity index is 2.52. The van der Waals surface area contributed by atoms with E-state index in [0.717, 1.165) is 24.7 Å². The Labute approximate surface area is 113 Å². The van der Waals surface area contributed by atoms with Gasteiger partial charge in [0.1, 0.15) is 10.7 Å². The molecule has 4 N–H and O–H groups in total. The number of sulfonamides is 2. The Kier molecular flexibility index (Phi) is 3.50. The summed E-state index contributed by atoms with van der Waals surface area (Å²) >= 11 is 0. The molecule has 0 bridgehead atoms. The second-order valence-corrected chi connectivity index (χ2v) is 6.89. The molecule has 8 nitrogen and oxygen atoms in total. The molecule has 1 heterocycles. The third-order valence-electron chi connectivity index (χ3n) is 2.26. The predicted octanol–water partition coefficient (Wildman–Crippen LogP) is -0.00300. The molecule has 20 heavy (non-hydrogen) atoms. The first-order valence-corrected chi connectivity index (χ1v) is 8.06. The topological polar surface area (TPSA) is 135 Å². The lowest BCUT2D eigenvalue weighted by Gasteiger charge is -2.10. The monoisotopic (exact) mass is 320 g/mol. The van der Waals surface area contributed by atoms with Gasteiger partial charge in [-0.2, -0.15) is 8.42 Å². The maximum absolute atomic E-state index is 13.2. The lowest BCUT2D eigenvalue weighted by Crippen LogP contribution is -2.19. The molecule has 0 spiro atoms.